The van der Waals surface area contributed by atoms with Crippen LogP contribution >= 0.6 is 0 Å². The van der Waals surface area contributed by atoms with Crippen molar-refractivity contribution in [3.8, 4) is 0 Å². The number of aliphatic hydroxyl groups is 1. The largest absolute Gasteiger partial charge is 0.465 e. The van der Waals surface area contributed by atoms with Crippen LogP contribution in [-0.4, -0.2) is 40.9 Å². The van der Waals surface area contributed by atoms with Crippen LogP contribution in [0.25, 0.3) is 0 Å². The van der Waals surface area contributed by atoms with Crippen molar-refractivity contribution in [2.45, 2.75) is 13.3 Å². The average molecular weight is 185 g/mol. The summed E-state index contributed by atoms with van der Waals surface area (Å²) >= 11 is 0. The Hall–Kier alpha value is -1.03. The summed E-state index contributed by atoms with van der Waals surface area (Å²) in [7, 11) is 0. The molecule has 1 aliphatic heterocycles. The molecule has 1 rings (SSSR count). The van der Waals surface area contributed by atoms with Crippen LogP contribution in [0.4, 0.5) is 4.79 Å². The number of carbonyl (C=O) groups is 1. The number of carboxylic acid groups (broad SMARTS) is 1. The standard InChI is InChI=1S/C9H15NO3/c1-7-6-10(9(12)13)4-2-8(7)3-5-11/h3,7,11H,2,4-6H2,1H3,(H,12,13)/b8-3-. The van der Waals surface area contributed by atoms with Crippen molar-refractivity contribution >= 4 is 6.09 Å². The number of rotatable bonds is 1. The smallest absolute Gasteiger partial charge is 0.407 e. The molecule has 74 valence electrons. The van der Waals surface area contributed by atoms with Crippen LogP contribution in [0.5, 0.6) is 0 Å². The van der Waals surface area contributed by atoms with E-state index in [0.29, 0.717) is 13.1 Å². The van der Waals surface area contributed by atoms with Crippen molar-refractivity contribution in [2.24, 2.45) is 5.92 Å². The highest BCUT2D eigenvalue weighted by atomic mass is 16.4. The zero-order valence-electron chi connectivity index (χ0n) is 7.73. The van der Waals surface area contributed by atoms with Crippen molar-refractivity contribution in [1.82, 2.24) is 4.90 Å². The molecule has 4 heteroatoms. The van der Waals surface area contributed by atoms with E-state index in [-0.39, 0.29) is 12.5 Å². The predicted octanol–water partition coefficient (Wildman–Crippen LogP) is 0.925. The molecule has 2 N–H and O–H groups in total. The number of hydrogen-bond acceptors (Lipinski definition) is 2. The fourth-order valence-electron chi connectivity index (χ4n) is 1.64. The summed E-state index contributed by atoms with van der Waals surface area (Å²) in [4.78, 5) is 12.0. The van der Waals surface area contributed by atoms with Crippen molar-refractivity contribution in [1.29, 1.82) is 0 Å². The van der Waals surface area contributed by atoms with E-state index in [2.05, 4.69) is 0 Å². The Morgan fingerprint density at radius 2 is 2.46 bits per heavy atom. The molecular formula is C9H15NO3. The summed E-state index contributed by atoms with van der Waals surface area (Å²) in [6, 6.07) is 0. The fraction of sp³-hybridized carbons (Fsp3) is 0.667. The van der Waals surface area contributed by atoms with Gasteiger partial charge in [-0.25, -0.2) is 4.79 Å². The molecule has 1 amide bonds. The van der Waals surface area contributed by atoms with E-state index >= 15 is 0 Å². The second-order valence-electron chi connectivity index (χ2n) is 3.34. The number of nitrogens with zero attached hydrogens (tertiary/aromatic N) is 1. The Morgan fingerprint density at radius 1 is 1.77 bits per heavy atom. The molecule has 0 spiro atoms. The van der Waals surface area contributed by atoms with E-state index < -0.39 is 6.09 Å². The molecule has 0 aromatic rings. The molecule has 1 atom stereocenters. The Balaban J connectivity index is 2.56. The van der Waals surface area contributed by atoms with Gasteiger partial charge in [-0.1, -0.05) is 18.6 Å². The Bertz CT molecular complexity index is 225. The van der Waals surface area contributed by atoms with Gasteiger partial charge in [0.1, 0.15) is 0 Å². The lowest BCUT2D eigenvalue weighted by Crippen LogP contribution is -2.39. The van der Waals surface area contributed by atoms with E-state index in [1.165, 1.54) is 10.5 Å². The zero-order valence-corrected chi connectivity index (χ0v) is 7.73. The lowest BCUT2D eigenvalue weighted by molar-refractivity contribution is 0.133. The number of amides is 1. The molecule has 0 bridgehead atoms. The Labute approximate surface area is 77.5 Å². The fourth-order valence-corrected chi connectivity index (χ4v) is 1.64. The van der Waals surface area contributed by atoms with Gasteiger partial charge in [-0.3, -0.25) is 0 Å². The molecule has 1 heterocycles. The predicted molar refractivity (Wildman–Crippen MR) is 48.5 cm³/mol. The van der Waals surface area contributed by atoms with Gasteiger partial charge in [-0.15, -0.1) is 0 Å². The van der Waals surface area contributed by atoms with Crippen LogP contribution in [0.2, 0.25) is 0 Å². The molecule has 0 aromatic heterocycles. The van der Waals surface area contributed by atoms with Gasteiger partial charge in [0.2, 0.25) is 0 Å². The second kappa shape index (κ2) is 4.28. The Kier molecular flexibility index (Phi) is 3.31. The summed E-state index contributed by atoms with van der Waals surface area (Å²) in [6.07, 6.45) is 1.67. The minimum Gasteiger partial charge on any atom is -0.465 e. The normalized spacial score (nSPS) is 26.5. The van der Waals surface area contributed by atoms with Crippen molar-refractivity contribution < 1.29 is 15.0 Å². The minimum absolute atomic E-state index is 0.0484. The van der Waals surface area contributed by atoms with Crippen LogP contribution in [0.15, 0.2) is 11.6 Å². The van der Waals surface area contributed by atoms with Crippen molar-refractivity contribution in [3.05, 3.63) is 11.6 Å². The average Bonchev–Trinajstić information content (AvgIpc) is 2.08. The van der Waals surface area contributed by atoms with Gasteiger partial charge in [-0.05, 0) is 12.3 Å². The minimum atomic E-state index is -0.852. The number of likely N-dealkylation sites (tertiary alicyclic amines) is 1. The molecule has 1 saturated heterocycles. The Morgan fingerprint density at radius 3 is 2.92 bits per heavy atom. The van der Waals surface area contributed by atoms with Crippen LogP contribution in [0, 0.1) is 5.92 Å². The number of aliphatic hydroxyl groups excluding tert-OH is 1. The quantitative estimate of drug-likeness (QED) is 0.597. The molecule has 1 fully saturated rings. The third-order valence-corrected chi connectivity index (χ3v) is 2.42. The van der Waals surface area contributed by atoms with Crippen LogP contribution < -0.4 is 0 Å². The maximum Gasteiger partial charge on any atom is 0.407 e. The first-order valence-corrected chi connectivity index (χ1v) is 4.42. The highest BCUT2D eigenvalue weighted by Gasteiger charge is 2.23. The second-order valence-corrected chi connectivity index (χ2v) is 3.34. The molecule has 0 saturated carbocycles. The van der Waals surface area contributed by atoms with Crippen molar-refractivity contribution in [3.63, 3.8) is 0 Å². The van der Waals surface area contributed by atoms with Gasteiger partial charge in [-0.2, -0.15) is 0 Å². The molecule has 13 heavy (non-hydrogen) atoms. The number of hydrogen-bond donors (Lipinski definition) is 2. The van der Waals surface area contributed by atoms with Gasteiger partial charge in [0.25, 0.3) is 0 Å². The topological polar surface area (TPSA) is 60.8 Å². The van der Waals surface area contributed by atoms with Gasteiger partial charge >= 0.3 is 6.09 Å². The first-order chi connectivity index (χ1) is 6.15. The van der Waals surface area contributed by atoms with Crippen LogP contribution in [0.1, 0.15) is 13.3 Å². The lowest BCUT2D eigenvalue weighted by Gasteiger charge is -2.30. The summed E-state index contributed by atoms with van der Waals surface area (Å²) in [5.41, 5.74) is 1.17. The molecule has 0 aliphatic carbocycles. The van der Waals surface area contributed by atoms with E-state index in [4.69, 9.17) is 10.2 Å². The third-order valence-electron chi connectivity index (χ3n) is 2.42. The van der Waals surface area contributed by atoms with E-state index in [9.17, 15) is 4.79 Å². The van der Waals surface area contributed by atoms with Gasteiger partial charge in [0, 0.05) is 13.1 Å². The van der Waals surface area contributed by atoms with Crippen LogP contribution in [0.3, 0.4) is 0 Å². The summed E-state index contributed by atoms with van der Waals surface area (Å²) in [5.74, 6) is 0.233. The van der Waals surface area contributed by atoms with Gasteiger partial charge < -0.3 is 15.1 Å². The highest BCUT2D eigenvalue weighted by molar-refractivity contribution is 5.65. The molecule has 1 unspecified atom stereocenters. The monoisotopic (exact) mass is 185 g/mol. The van der Waals surface area contributed by atoms with E-state index in [1.807, 2.05) is 6.92 Å². The summed E-state index contributed by atoms with van der Waals surface area (Å²) in [5, 5.41) is 17.4. The molecular weight excluding hydrogens is 170 g/mol. The first-order valence-electron chi connectivity index (χ1n) is 4.42. The van der Waals surface area contributed by atoms with E-state index in [0.717, 1.165) is 6.42 Å². The molecule has 4 nitrogen and oxygen atoms in total. The maximum absolute atomic E-state index is 10.6. The summed E-state index contributed by atoms with van der Waals surface area (Å²) in [6.45, 7) is 3.12. The molecule has 0 radical (unpaired) electrons. The molecule has 1 aliphatic rings. The highest BCUT2D eigenvalue weighted by Crippen LogP contribution is 2.21. The van der Waals surface area contributed by atoms with Gasteiger partial charge in [0.05, 0.1) is 6.61 Å². The van der Waals surface area contributed by atoms with Crippen molar-refractivity contribution in [2.75, 3.05) is 19.7 Å². The summed E-state index contributed by atoms with van der Waals surface area (Å²) < 4.78 is 0. The lowest BCUT2D eigenvalue weighted by atomic mass is 9.93. The first kappa shape index (κ1) is 10.1. The molecule has 0 aromatic carbocycles. The maximum atomic E-state index is 10.6. The van der Waals surface area contributed by atoms with E-state index in [1.54, 1.807) is 6.08 Å². The third kappa shape index (κ3) is 2.45. The van der Waals surface area contributed by atoms with Gasteiger partial charge in [0.15, 0.2) is 0 Å². The van der Waals surface area contributed by atoms with Crippen LogP contribution in [-0.2, 0) is 0 Å². The SMILES string of the molecule is CC1CN(C(=O)O)CC/C1=C/CO. The number of piperidine rings is 1. The zero-order chi connectivity index (χ0) is 9.84.